The first-order valence-electron chi connectivity index (χ1n) is 4.88. The Morgan fingerprint density at radius 2 is 2.29 bits per heavy atom. The largest absolute Gasteiger partial charge is 0.491 e. The van der Waals surface area contributed by atoms with Gasteiger partial charge in [-0.05, 0) is 30.2 Å². The molecule has 0 amide bonds. The molecule has 14 heavy (non-hydrogen) atoms. The molecule has 1 aromatic carbocycles. The van der Waals surface area contributed by atoms with Crippen LogP contribution in [0.1, 0.15) is 5.56 Å². The van der Waals surface area contributed by atoms with Crippen molar-refractivity contribution in [3.05, 3.63) is 23.8 Å². The van der Waals surface area contributed by atoms with E-state index in [-0.39, 0.29) is 0 Å². The van der Waals surface area contributed by atoms with E-state index in [9.17, 15) is 0 Å². The van der Waals surface area contributed by atoms with Crippen LogP contribution in [0.3, 0.4) is 0 Å². The lowest BCUT2D eigenvalue weighted by atomic mass is 10.1. The lowest BCUT2D eigenvalue weighted by molar-refractivity contribution is 0.146. The van der Waals surface area contributed by atoms with E-state index in [2.05, 4.69) is 17.4 Å². The van der Waals surface area contributed by atoms with E-state index in [4.69, 9.17) is 9.47 Å². The van der Waals surface area contributed by atoms with Gasteiger partial charge in [-0.1, -0.05) is 0 Å². The fraction of sp³-hybridized carbons (Fsp3) is 0.455. The summed E-state index contributed by atoms with van der Waals surface area (Å²) in [5.41, 5.74) is 2.59. The summed E-state index contributed by atoms with van der Waals surface area (Å²) in [6.07, 6.45) is 1.09. The Bertz CT molecular complexity index is 312. The van der Waals surface area contributed by atoms with Crippen LogP contribution < -0.4 is 10.1 Å². The van der Waals surface area contributed by atoms with Crippen molar-refractivity contribution >= 4 is 5.69 Å². The van der Waals surface area contributed by atoms with E-state index in [0.717, 1.165) is 18.7 Å². The zero-order valence-corrected chi connectivity index (χ0v) is 8.38. The van der Waals surface area contributed by atoms with E-state index >= 15 is 0 Å². The smallest absolute Gasteiger partial charge is 0.119 e. The average molecular weight is 193 g/mol. The van der Waals surface area contributed by atoms with Gasteiger partial charge in [0.05, 0.1) is 6.61 Å². The molecule has 76 valence electrons. The van der Waals surface area contributed by atoms with Crippen molar-refractivity contribution in [2.45, 2.75) is 6.42 Å². The lowest BCUT2D eigenvalue weighted by Gasteiger charge is -2.07. The zero-order chi connectivity index (χ0) is 9.80. The van der Waals surface area contributed by atoms with E-state index in [1.165, 1.54) is 11.3 Å². The SMILES string of the molecule is COCCOc1ccc2c(c1)CCN2. The molecule has 0 atom stereocenters. The Balaban J connectivity index is 1.98. The Morgan fingerprint density at radius 3 is 3.14 bits per heavy atom. The van der Waals surface area contributed by atoms with Crippen LogP contribution in [-0.2, 0) is 11.2 Å². The second-order valence-electron chi connectivity index (χ2n) is 3.34. The summed E-state index contributed by atoms with van der Waals surface area (Å²) in [6.45, 7) is 2.29. The minimum Gasteiger partial charge on any atom is -0.491 e. The van der Waals surface area contributed by atoms with Crippen molar-refractivity contribution in [2.75, 3.05) is 32.2 Å². The molecule has 1 aliphatic heterocycles. The molecule has 0 aromatic heterocycles. The highest BCUT2D eigenvalue weighted by molar-refractivity contribution is 5.57. The molecule has 1 aliphatic rings. The summed E-state index contributed by atoms with van der Waals surface area (Å²) in [6, 6.07) is 6.17. The summed E-state index contributed by atoms with van der Waals surface area (Å²) >= 11 is 0. The number of benzene rings is 1. The molecule has 0 radical (unpaired) electrons. The molecule has 1 N–H and O–H groups in total. The number of rotatable bonds is 4. The average Bonchev–Trinajstić information content (AvgIpc) is 2.65. The Morgan fingerprint density at radius 1 is 1.36 bits per heavy atom. The molecule has 0 saturated carbocycles. The van der Waals surface area contributed by atoms with Gasteiger partial charge in [0.2, 0.25) is 0 Å². The molecule has 0 unspecified atom stereocenters. The molecule has 3 nitrogen and oxygen atoms in total. The van der Waals surface area contributed by atoms with E-state index < -0.39 is 0 Å². The van der Waals surface area contributed by atoms with Gasteiger partial charge in [0.15, 0.2) is 0 Å². The van der Waals surface area contributed by atoms with Crippen molar-refractivity contribution in [2.24, 2.45) is 0 Å². The molecular formula is C11H15NO2. The summed E-state index contributed by atoms with van der Waals surface area (Å²) in [5.74, 6) is 0.935. The molecule has 0 saturated heterocycles. The first-order valence-corrected chi connectivity index (χ1v) is 4.88. The fourth-order valence-corrected chi connectivity index (χ4v) is 1.61. The van der Waals surface area contributed by atoms with Crippen molar-refractivity contribution < 1.29 is 9.47 Å². The van der Waals surface area contributed by atoms with E-state index in [1.54, 1.807) is 7.11 Å². The fourth-order valence-electron chi connectivity index (χ4n) is 1.61. The number of nitrogens with one attached hydrogen (secondary N) is 1. The number of fused-ring (bicyclic) bond motifs is 1. The van der Waals surface area contributed by atoms with Gasteiger partial charge >= 0.3 is 0 Å². The van der Waals surface area contributed by atoms with Gasteiger partial charge in [-0.3, -0.25) is 0 Å². The van der Waals surface area contributed by atoms with Crippen LogP contribution in [0.4, 0.5) is 5.69 Å². The third-order valence-corrected chi connectivity index (χ3v) is 2.34. The molecule has 0 aliphatic carbocycles. The van der Waals surface area contributed by atoms with Crippen molar-refractivity contribution in [3.63, 3.8) is 0 Å². The minimum atomic E-state index is 0.614. The topological polar surface area (TPSA) is 30.5 Å². The Labute approximate surface area is 84.0 Å². The summed E-state index contributed by atoms with van der Waals surface area (Å²) in [7, 11) is 1.68. The molecule has 0 fully saturated rings. The highest BCUT2D eigenvalue weighted by atomic mass is 16.5. The third-order valence-electron chi connectivity index (χ3n) is 2.34. The zero-order valence-electron chi connectivity index (χ0n) is 8.38. The van der Waals surface area contributed by atoms with Gasteiger partial charge in [0.1, 0.15) is 12.4 Å². The van der Waals surface area contributed by atoms with Crippen molar-refractivity contribution in [1.82, 2.24) is 0 Å². The van der Waals surface area contributed by atoms with Crippen LogP contribution in [-0.4, -0.2) is 26.9 Å². The molecule has 0 bridgehead atoms. The molecule has 2 rings (SSSR count). The molecule has 3 heteroatoms. The molecule has 0 spiro atoms. The Kier molecular flexibility index (Phi) is 2.89. The molecule has 1 aromatic rings. The van der Waals surface area contributed by atoms with Crippen LogP contribution in [0.15, 0.2) is 18.2 Å². The quantitative estimate of drug-likeness (QED) is 0.738. The maximum absolute atomic E-state index is 5.52. The minimum absolute atomic E-state index is 0.614. The maximum Gasteiger partial charge on any atom is 0.119 e. The predicted molar refractivity (Wildman–Crippen MR) is 56.0 cm³/mol. The second kappa shape index (κ2) is 4.33. The Hall–Kier alpha value is -1.22. The van der Waals surface area contributed by atoms with Gasteiger partial charge in [-0.2, -0.15) is 0 Å². The number of hydrogen-bond donors (Lipinski definition) is 1. The number of hydrogen-bond acceptors (Lipinski definition) is 3. The first kappa shape index (κ1) is 9.34. The van der Waals surface area contributed by atoms with Crippen LogP contribution in [0.5, 0.6) is 5.75 Å². The highest BCUT2D eigenvalue weighted by Crippen LogP contribution is 2.26. The van der Waals surface area contributed by atoms with Gasteiger partial charge in [-0.15, -0.1) is 0 Å². The van der Waals surface area contributed by atoms with Gasteiger partial charge < -0.3 is 14.8 Å². The van der Waals surface area contributed by atoms with Crippen molar-refractivity contribution in [3.8, 4) is 5.75 Å². The van der Waals surface area contributed by atoms with Gasteiger partial charge in [0.25, 0.3) is 0 Å². The van der Waals surface area contributed by atoms with Crippen LogP contribution in [0.2, 0.25) is 0 Å². The number of methoxy groups -OCH3 is 1. The number of ether oxygens (including phenoxy) is 2. The third kappa shape index (κ3) is 1.99. The molecular weight excluding hydrogens is 178 g/mol. The maximum atomic E-state index is 5.52. The van der Waals surface area contributed by atoms with Crippen LogP contribution in [0, 0.1) is 0 Å². The lowest BCUT2D eigenvalue weighted by Crippen LogP contribution is -2.04. The highest BCUT2D eigenvalue weighted by Gasteiger charge is 2.09. The second-order valence-corrected chi connectivity index (χ2v) is 3.34. The van der Waals surface area contributed by atoms with Gasteiger partial charge in [-0.25, -0.2) is 0 Å². The summed E-state index contributed by atoms with van der Waals surface area (Å²) in [5, 5.41) is 3.31. The van der Waals surface area contributed by atoms with Crippen LogP contribution >= 0.6 is 0 Å². The summed E-state index contributed by atoms with van der Waals surface area (Å²) < 4.78 is 10.4. The van der Waals surface area contributed by atoms with Gasteiger partial charge in [0, 0.05) is 19.3 Å². The summed E-state index contributed by atoms with van der Waals surface area (Å²) in [4.78, 5) is 0. The standard InChI is InChI=1S/C11H15NO2/c1-13-6-7-14-10-2-3-11-9(8-10)4-5-12-11/h2-3,8,12H,4-7H2,1H3. The predicted octanol–water partition coefficient (Wildman–Crippen LogP) is 1.68. The van der Waals surface area contributed by atoms with Crippen molar-refractivity contribution in [1.29, 1.82) is 0 Å². The number of anilines is 1. The first-order chi connectivity index (χ1) is 6.90. The monoisotopic (exact) mass is 193 g/mol. The normalized spacial score (nSPS) is 13.5. The molecule has 1 heterocycles. The van der Waals surface area contributed by atoms with Crippen LogP contribution in [0.25, 0.3) is 0 Å². The van der Waals surface area contributed by atoms with E-state index in [0.29, 0.717) is 13.2 Å². The van der Waals surface area contributed by atoms with E-state index in [1.807, 2.05) is 6.07 Å².